The van der Waals surface area contributed by atoms with E-state index >= 15 is 0 Å². The third kappa shape index (κ3) is 9.60. The molecule has 0 aromatic heterocycles. The standard InChI is InChI=1S/C4H9.3CH3.CH2.2Sn/c1-4(2)3;;;;;;/h1-3H3;3*1H3;1H2;;. The van der Waals surface area contributed by atoms with E-state index in [4.69, 9.17) is 0 Å². The summed E-state index contributed by atoms with van der Waals surface area (Å²) in [5.74, 6) is 0. The molecule has 0 heterocycles. The zero-order valence-corrected chi connectivity index (χ0v) is 13.9. The van der Waals surface area contributed by atoms with E-state index in [1.165, 1.54) is 0 Å². The molecular weight excluding hydrogens is 334 g/mol. The van der Waals surface area contributed by atoms with Crippen LogP contribution >= 0.6 is 0 Å². The van der Waals surface area contributed by atoms with Gasteiger partial charge in [0.15, 0.2) is 0 Å². The summed E-state index contributed by atoms with van der Waals surface area (Å²) >= 11 is -1.37. The molecule has 0 spiro atoms. The van der Waals surface area contributed by atoms with Gasteiger partial charge in [0.1, 0.15) is 0 Å². The van der Waals surface area contributed by atoms with Gasteiger partial charge in [0.2, 0.25) is 0 Å². The molecule has 0 atom stereocenters. The maximum absolute atomic E-state index is 2.56. The van der Waals surface area contributed by atoms with Crippen LogP contribution in [-0.2, 0) is 0 Å². The predicted molar refractivity (Wildman–Crippen MR) is 53.6 cm³/mol. The quantitative estimate of drug-likeness (QED) is 0.669. The van der Waals surface area contributed by atoms with Gasteiger partial charge in [-0.1, -0.05) is 0 Å². The zero-order valence-electron chi connectivity index (χ0n) is 8.21. The van der Waals surface area contributed by atoms with Crippen molar-refractivity contribution in [2.45, 2.75) is 41.5 Å². The molecular formula is C8H20Sn2. The summed E-state index contributed by atoms with van der Waals surface area (Å²) in [7, 11) is 0. The summed E-state index contributed by atoms with van der Waals surface area (Å²) < 4.78 is 2.44. The summed E-state index contributed by atoms with van der Waals surface area (Å²) in [4.78, 5) is 7.67. The first kappa shape index (κ1) is 11.6. The van der Waals surface area contributed by atoms with E-state index in [1.54, 1.807) is 2.45 Å². The van der Waals surface area contributed by atoms with Crippen molar-refractivity contribution in [1.29, 1.82) is 0 Å². The first-order chi connectivity index (χ1) is 4.21. The molecule has 0 nitrogen and oxygen atoms in total. The van der Waals surface area contributed by atoms with Crippen LogP contribution in [0.5, 0.6) is 0 Å². The Labute approximate surface area is 80.3 Å². The van der Waals surface area contributed by atoms with Gasteiger partial charge in [-0.25, -0.2) is 0 Å². The van der Waals surface area contributed by atoms with E-state index in [0.29, 0.717) is 0 Å². The van der Waals surface area contributed by atoms with Crippen molar-refractivity contribution in [1.82, 2.24) is 0 Å². The van der Waals surface area contributed by atoms with Gasteiger partial charge in [-0.3, -0.25) is 0 Å². The van der Waals surface area contributed by atoms with Crippen LogP contribution < -0.4 is 0 Å². The van der Waals surface area contributed by atoms with Crippen LogP contribution in [0.3, 0.4) is 0 Å². The van der Waals surface area contributed by atoms with E-state index in [0.717, 1.165) is 3.43 Å². The summed E-state index contributed by atoms with van der Waals surface area (Å²) in [5, 5.41) is 0. The summed E-state index contributed by atoms with van der Waals surface area (Å²) in [5.41, 5.74) is 0. The Kier molecular flexibility index (Phi) is 4.65. The Morgan fingerprint density at radius 2 is 1.50 bits per heavy atom. The number of rotatable bonds is 2. The van der Waals surface area contributed by atoms with E-state index in [2.05, 4.69) is 35.6 Å². The van der Waals surface area contributed by atoms with Gasteiger partial charge in [-0.05, 0) is 0 Å². The van der Waals surface area contributed by atoms with E-state index in [-0.39, 0.29) is 21.1 Å². The predicted octanol–water partition coefficient (Wildman–Crippen LogP) is 3.20. The van der Waals surface area contributed by atoms with Crippen LogP contribution in [0.4, 0.5) is 0 Å². The fraction of sp³-hybridized carbons (Fsp3) is 1.00. The van der Waals surface area contributed by atoms with Gasteiger partial charge in [-0.15, -0.1) is 0 Å². The molecule has 60 valence electrons. The van der Waals surface area contributed by atoms with Crippen molar-refractivity contribution in [3.05, 3.63) is 0 Å². The van der Waals surface area contributed by atoms with Gasteiger partial charge in [0.25, 0.3) is 0 Å². The van der Waals surface area contributed by atoms with Crippen molar-refractivity contribution in [2.75, 3.05) is 0 Å². The van der Waals surface area contributed by atoms with Gasteiger partial charge in [-0.2, -0.15) is 0 Å². The van der Waals surface area contributed by atoms with Crippen LogP contribution in [-0.4, -0.2) is 39.5 Å². The molecule has 2 heteroatoms. The van der Waals surface area contributed by atoms with Crippen LogP contribution in [0.1, 0.15) is 20.8 Å². The van der Waals surface area contributed by atoms with Gasteiger partial charge in [0.05, 0.1) is 0 Å². The fourth-order valence-corrected chi connectivity index (χ4v) is 23.9. The molecule has 0 saturated carbocycles. The maximum atomic E-state index is 2.56. The Hall–Kier alpha value is 1.60. The summed E-state index contributed by atoms with van der Waals surface area (Å²) in [6.07, 6.45) is 0. The molecule has 0 saturated heterocycles. The Bertz CT molecular complexity index is 80.8. The van der Waals surface area contributed by atoms with Crippen molar-refractivity contribution in [3.8, 4) is 0 Å². The number of hydrogen-bond acceptors (Lipinski definition) is 0. The fourth-order valence-electron chi connectivity index (χ4n) is 0.530. The number of hydrogen-bond donors (Lipinski definition) is 0. The van der Waals surface area contributed by atoms with Crippen LogP contribution in [0, 0.1) is 0 Å². The summed E-state index contributed by atoms with van der Waals surface area (Å²) in [6, 6.07) is 0. The average molecular weight is 354 g/mol. The van der Waals surface area contributed by atoms with Gasteiger partial charge < -0.3 is 0 Å². The molecule has 2 radical (unpaired) electrons. The van der Waals surface area contributed by atoms with E-state index in [1.807, 2.05) is 0 Å². The second-order valence-electron chi connectivity index (χ2n) is 5.16. The Morgan fingerprint density at radius 1 is 1.10 bits per heavy atom. The topological polar surface area (TPSA) is 0 Å². The van der Waals surface area contributed by atoms with Crippen LogP contribution in [0.2, 0.25) is 20.7 Å². The molecule has 0 fully saturated rings. The van der Waals surface area contributed by atoms with Crippen molar-refractivity contribution in [2.24, 2.45) is 0 Å². The van der Waals surface area contributed by atoms with Crippen molar-refractivity contribution < 1.29 is 0 Å². The molecule has 0 aromatic rings. The molecule has 0 aliphatic carbocycles. The molecule has 0 amide bonds. The van der Waals surface area contributed by atoms with E-state index in [9.17, 15) is 0 Å². The molecule has 0 aromatic carbocycles. The monoisotopic (exact) mass is 356 g/mol. The van der Waals surface area contributed by atoms with Crippen molar-refractivity contribution in [3.63, 3.8) is 0 Å². The molecule has 0 aliphatic heterocycles. The minimum absolute atomic E-state index is 0.0265. The molecule has 0 aliphatic rings. The Morgan fingerprint density at radius 3 is 1.60 bits per heavy atom. The second kappa shape index (κ2) is 4.01. The van der Waals surface area contributed by atoms with Crippen LogP contribution in [0.25, 0.3) is 0 Å². The third-order valence-corrected chi connectivity index (χ3v) is 31.4. The van der Waals surface area contributed by atoms with Crippen molar-refractivity contribution >= 4 is 39.5 Å². The SMILES string of the molecule is C[C](C)(C)[Sn][CH2][Sn]([CH3])([CH3])[CH3]. The van der Waals surface area contributed by atoms with Gasteiger partial charge in [0, 0.05) is 0 Å². The zero-order chi connectivity index (χ0) is 8.41. The van der Waals surface area contributed by atoms with Gasteiger partial charge >= 0.3 is 81.0 Å². The molecule has 0 N–H and O–H groups in total. The normalized spacial score (nSPS) is 13.8. The molecule has 10 heavy (non-hydrogen) atoms. The van der Waals surface area contributed by atoms with Crippen LogP contribution in [0.15, 0.2) is 0 Å². The minimum atomic E-state index is -1.34. The van der Waals surface area contributed by atoms with E-state index < -0.39 is 18.4 Å². The second-order valence-corrected chi connectivity index (χ2v) is 32.8. The first-order valence-corrected chi connectivity index (χ1v) is 18.0. The molecule has 0 rings (SSSR count). The first-order valence-electron chi connectivity index (χ1n) is 3.96. The molecule has 0 unspecified atom stereocenters. The Balaban J connectivity index is 3.56. The third-order valence-electron chi connectivity index (χ3n) is 1.15. The average Bonchev–Trinajstić information content (AvgIpc) is 1.57. The molecule has 0 bridgehead atoms. The summed E-state index contributed by atoms with van der Waals surface area (Å²) in [6.45, 7) is 7.24.